The fourth-order valence-corrected chi connectivity index (χ4v) is 2.79. The highest BCUT2D eigenvalue weighted by Gasteiger charge is 2.19. The van der Waals surface area contributed by atoms with Gasteiger partial charge in [0.1, 0.15) is 5.75 Å². The summed E-state index contributed by atoms with van der Waals surface area (Å²) in [4.78, 5) is 2.21. The van der Waals surface area contributed by atoms with Gasteiger partial charge in [-0.2, -0.15) is 0 Å². The van der Waals surface area contributed by atoms with Gasteiger partial charge in [0.2, 0.25) is 0 Å². The minimum atomic E-state index is 0.665. The second-order valence-corrected chi connectivity index (χ2v) is 5.79. The van der Waals surface area contributed by atoms with E-state index in [0.29, 0.717) is 10.9 Å². The van der Waals surface area contributed by atoms with Crippen molar-refractivity contribution in [2.75, 3.05) is 25.5 Å². The average molecular weight is 299 g/mol. The topological polar surface area (TPSA) is 24.5 Å². The number of halogens is 1. The zero-order valence-corrected chi connectivity index (χ0v) is 12.9. The molecule has 1 saturated heterocycles. The van der Waals surface area contributed by atoms with Crippen molar-refractivity contribution in [1.29, 1.82) is 0 Å². The standard InChI is InChI=1S/C14H19ClN2OS/c1-10-4-3-7-17(9-10)14(19)16-12-8-11(15)5-6-13(12)18-2/h5-6,8,10H,3-4,7,9H2,1-2H3,(H,16,19). The first-order valence-corrected chi connectivity index (χ1v) is 7.28. The van der Waals surface area contributed by atoms with Gasteiger partial charge in [-0.15, -0.1) is 0 Å². The molecule has 1 atom stereocenters. The first kappa shape index (κ1) is 14.4. The molecule has 1 aromatic carbocycles. The van der Waals surface area contributed by atoms with Crippen LogP contribution in [0.25, 0.3) is 0 Å². The number of hydrogen-bond donors (Lipinski definition) is 1. The van der Waals surface area contributed by atoms with Crippen LogP contribution in [-0.4, -0.2) is 30.2 Å². The molecule has 1 fully saturated rings. The molecular weight excluding hydrogens is 280 g/mol. The highest BCUT2D eigenvalue weighted by Crippen LogP contribution is 2.28. The SMILES string of the molecule is COc1ccc(Cl)cc1NC(=S)N1CCCC(C)C1. The molecule has 104 valence electrons. The summed E-state index contributed by atoms with van der Waals surface area (Å²) >= 11 is 11.5. The number of methoxy groups -OCH3 is 1. The van der Waals surface area contributed by atoms with Gasteiger partial charge in [0.25, 0.3) is 0 Å². The molecule has 1 aliphatic rings. The summed E-state index contributed by atoms with van der Waals surface area (Å²) in [6, 6.07) is 5.48. The normalized spacial score (nSPS) is 19.1. The number of thiocarbonyl (C=S) groups is 1. The molecular formula is C14H19ClN2OS. The average Bonchev–Trinajstić information content (AvgIpc) is 2.39. The van der Waals surface area contributed by atoms with Crippen LogP contribution in [0, 0.1) is 5.92 Å². The third-order valence-electron chi connectivity index (χ3n) is 3.35. The van der Waals surface area contributed by atoms with E-state index >= 15 is 0 Å². The molecule has 0 radical (unpaired) electrons. The first-order chi connectivity index (χ1) is 9.10. The number of likely N-dealkylation sites (tertiary alicyclic amines) is 1. The number of rotatable bonds is 2. The Bertz CT molecular complexity index is 467. The molecule has 0 bridgehead atoms. The molecule has 0 amide bonds. The Labute approximate surface area is 124 Å². The Hall–Kier alpha value is -1.00. The molecule has 1 N–H and O–H groups in total. The third kappa shape index (κ3) is 3.74. The zero-order valence-electron chi connectivity index (χ0n) is 11.3. The highest BCUT2D eigenvalue weighted by molar-refractivity contribution is 7.80. The van der Waals surface area contributed by atoms with Crippen LogP contribution < -0.4 is 10.1 Å². The molecule has 1 aliphatic heterocycles. The van der Waals surface area contributed by atoms with Gasteiger partial charge in [0.05, 0.1) is 12.8 Å². The van der Waals surface area contributed by atoms with Gasteiger partial charge in [-0.25, -0.2) is 0 Å². The molecule has 1 aromatic rings. The van der Waals surface area contributed by atoms with Crippen LogP contribution in [0.1, 0.15) is 19.8 Å². The maximum Gasteiger partial charge on any atom is 0.173 e. The van der Waals surface area contributed by atoms with E-state index in [1.807, 2.05) is 12.1 Å². The van der Waals surface area contributed by atoms with E-state index in [1.54, 1.807) is 13.2 Å². The van der Waals surface area contributed by atoms with E-state index in [-0.39, 0.29) is 0 Å². The van der Waals surface area contributed by atoms with E-state index in [1.165, 1.54) is 12.8 Å². The summed E-state index contributed by atoms with van der Waals surface area (Å²) < 4.78 is 5.31. The van der Waals surface area contributed by atoms with Crippen molar-refractivity contribution in [2.24, 2.45) is 5.92 Å². The second-order valence-electron chi connectivity index (χ2n) is 4.97. The van der Waals surface area contributed by atoms with Gasteiger partial charge < -0.3 is 15.0 Å². The van der Waals surface area contributed by atoms with Crippen molar-refractivity contribution >= 4 is 34.6 Å². The zero-order chi connectivity index (χ0) is 13.8. The number of benzene rings is 1. The lowest BCUT2D eigenvalue weighted by Gasteiger charge is -2.33. The van der Waals surface area contributed by atoms with Crippen LogP contribution in [0.15, 0.2) is 18.2 Å². The molecule has 2 rings (SSSR count). The molecule has 0 aliphatic carbocycles. The molecule has 1 heterocycles. The predicted octanol–water partition coefficient (Wildman–Crippen LogP) is 3.78. The van der Waals surface area contributed by atoms with E-state index in [0.717, 1.165) is 29.6 Å². The van der Waals surface area contributed by atoms with Crippen molar-refractivity contribution < 1.29 is 4.74 Å². The maximum atomic E-state index is 6.01. The molecule has 3 nitrogen and oxygen atoms in total. The smallest absolute Gasteiger partial charge is 0.173 e. The van der Waals surface area contributed by atoms with Crippen LogP contribution in [0.2, 0.25) is 5.02 Å². The van der Waals surface area contributed by atoms with Crippen molar-refractivity contribution in [3.05, 3.63) is 23.2 Å². The summed E-state index contributed by atoms with van der Waals surface area (Å²) in [6.45, 7) is 4.28. The summed E-state index contributed by atoms with van der Waals surface area (Å²) in [7, 11) is 1.64. The lowest BCUT2D eigenvalue weighted by atomic mass is 10.0. The largest absolute Gasteiger partial charge is 0.495 e. The fourth-order valence-electron chi connectivity index (χ4n) is 2.35. The summed E-state index contributed by atoms with van der Waals surface area (Å²) in [5.74, 6) is 1.44. The lowest BCUT2D eigenvalue weighted by Crippen LogP contribution is -2.41. The Kier molecular flexibility index (Phi) is 4.88. The monoisotopic (exact) mass is 298 g/mol. The van der Waals surface area contributed by atoms with E-state index < -0.39 is 0 Å². The van der Waals surface area contributed by atoms with Gasteiger partial charge in [-0.1, -0.05) is 18.5 Å². The maximum absolute atomic E-state index is 6.01. The van der Waals surface area contributed by atoms with Gasteiger partial charge >= 0.3 is 0 Å². The van der Waals surface area contributed by atoms with Crippen LogP contribution in [0.5, 0.6) is 5.75 Å². The van der Waals surface area contributed by atoms with Crippen LogP contribution >= 0.6 is 23.8 Å². The lowest BCUT2D eigenvalue weighted by molar-refractivity contribution is 0.276. The Morgan fingerprint density at radius 2 is 2.32 bits per heavy atom. The van der Waals surface area contributed by atoms with E-state index in [4.69, 9.17) is 28.6 Å². The van der Waals surface area contributed by atoms with Crippen molar-refractivity contribution in [2.45, 2.75) is 19.8 Å². The Morgan fingerprint density at radius 1 is 1.53 bits per heavy atom. The number of piperidine rings is 1. The second kappa shape index (κ2) is 6.44. The number of ether oxygens (including phenoxy) is 1. The van der Waals surface area contributed by atoms with E-state index in [2.05, 4.69) is 17.1 Å². The molecule has 19 heavy (non-hydrogen) atoms. The van der Waals surface area contributed by atoms with Crippen LogP contribution in [-0.2, 0) is 0 Å². The van der Waals surface area contributed by atoms with Gasteiger partial charge in [0.15, 0.2) is 5.11 Å². The van der Waals surface area contributed by atoms with Crippen LogP contribution in [0.4, 0.5) is 5.69 Å². The van der Waals surface area contributed by atoms with Crippen molar-refractivity contribution in [1.82, 2.24) is 4.90 Å². The number of nitrogens with zero attached hydrogens (tertiary/aromatic N) is 1. The molecule has 0 aromatic heterocycles. The van der Waals surface area contributed by atoms with Crippen LogP contribution in [0.3, 0.4) is 0 Å². The van der Waals surface area contributed by atoms with Gasteiger partial charge in [-0.05, 0) is 49.2 Å². The van der Waals surface area contributed by atoms with Crippen molar-refractivity contribution in [3.63, 3.8) is 0 Å². The summed E-state index contributed by atoms with van der Waals surface area (Å²) in [5, 5.41) is 4.65. The molecule has 5 heteroatoms. The molecule has 0 saturated carbocycles. The summed E-state index contributed by atoms with van der Waals surface area (Å²) in [6.07, 6.45) is 2.47. The van der Waals surface area contributed by atoms with Gasteiger partial charge in [-0.3, -0.25) is 0 Å². The van der Waals surface area contributed by atoms with E-state index in [9.17, 15) is 0 Å². The summed E-state index contributed by atoms with van der Waals surface area (Å²) in [5.41, 5.74) is 0.818. The first-order valence-electron chi connectivity index (χ1n) is 6.49. The van der Waals surface area contributed by atoms with Crippen molar-refractivity contribution in [3.8, 4) is 5.75 Å². The number of hydrogen-bond acceptors (Lipinski definition) is 2. The highest BCUT2D eigenvalue weighted by atomic mass is 35.5. The Morgan fingerprint density at radius 3 is 3.00 bits per heavy atom. The van der Waals surface area contributed by atoms with Gasteiger partial charge in [0, 0.05) is 18.1 Å². The number of anilines is 1. The predicted molar refractivity (Wildman–Crippen MR) is 84.2 cm³/mol. The quantitative estimate of drug-likeness (QED) is 0.840. The Balaban J connectivity index is 2.07. The number of nitrogens with one attached hydrogen (secondary N) is 1. The minimum absolute atomic E-state index is 0.665. The molecule has 1 unspecified atom stereocenters. The third-order valence-corrected chi connectivity index (χ3v) is 3.94. The fraction of sp³-hybridized carbons (Fsp3) is 0.500. The minimum Gasteiger partial charge on any atom is -0.495 e. The molecule has 0 spiro atoms.